The van der Waals surface area contributed by atoms with Gasteiger partial charge in [0.1, 0.15) is 5.82 Å². The summed E-state index contributed by atoms with van der Waals surface area (Å²) in [6.45, 7) is 4.29. The minimum atomic E-state index is 0.0149. The van der Waals surface area contributed by atoms with Crippen LogP contribution in [-0.2, 0) is 10.2 Å². The van der Waals surface area contributed by atoms with Crippen LogP contribution in [0.2, 0.25) is 0 Å². The summed E-state index contributed by atoms with van der Waals surface area (Å²) < 4.78 is 0. The Morgan fingerprint density at radius 3 is 2.54 bits per heavy atom. The van der Waals surface area contributed by atoms with Crippen LogP contribution >= 0.6 is 11.3 Å². The molecule has 0 bridgehead atoms. The fourth-order valence-corrected chi connectivity index (χ4v) is 4.81. The maximum Gasteiger partial charge on any atom is 0.157 e. The van der Waals surface area contributed by atoms with Crippen LogP contribution < -0.4 is 5.32 Å². The SMILES string of the molecule is CC1(C)CC(=O)C=C(Nc2ncsc2C2(c3ccccc3)CC2)C1. The number of nitrogens with zero attached hydrogens (tertiary/aromatic N) is 1. The van der Waals surface area contributed by atoms with Gasteiger partial charge in [0.25, 0.3) is 0 Å². The molecule has 0 unspecified atom stereocenters. The largest absolute Gasteiger partial charge is 0.343 e. The summed E-state index contributed by atoms with van der Waals surface area (Å²) in [5.41, 5.74) is 4.40. The topological polar surface area (TPSA) is 42.0 Å². The van der Waals surface area contributed by atoms with Crippen molar-refractivity contribution >= 4 is 22.9 Å². The van der Waals surface area contributed by atoms with Crippen molar-refractivity contribution in [3.8, 4) is 0 Å². The second-order valence-electron chi connectivity index (χ2n) is 7.76. The third-order valence-electron chi connectivity index (χ3n) is 5.01. The molecule has 0 aliphatic heterocycles. The molecule has 24 heavy (non-hydrogen) atoms. The summed E-state index contributed by atoms with van der Waals surface area (Å²) in [7, 11) is 0. The molecule has 1 heterocycles. The van der Waals surface area contributed by atoms with E-state index in [0.29, 0.717) is 6.42 Å². The normalized spacial score (nSPS) is 21.2. The Kier molecular flexibility index (Phi) is 3.61. The van der Waals surface area contributed by atoms with Gasteiger partial charge in [0.15, 0.2) is 5.78 Å². The highest BCUT2D eigenvalue weighted by molar-refractivity contribution is 7.10. The van der Waals surface area contributed by atoms with Gasteiger partial charge in [0.2, 0.25) is 0 Å². The van der Waals surface area contributed by atoms with E-state index in [2.05, 4.69) is 54.5 Å². The quantitative estimate of drug-likeness (QED) is 0.861. The van der Waals surface area contributed by atoms with Crippen LogP contribution in [0.3, 0.4) is 0 Å². The molecule has 1 N–H and O–H groups in total. The summed E-state index contributed by atoms with van der Waals surface area (Å²) in [5, 5.41) is 3.47. The predicted octanol–water partition coefficient (Wildman–Crippen LogP) is 4.91. The second-order valence-corrected chi connectivity index (χ2v) is 8.61. The number of anilines is 1. The van der Waals surface area contributed by atoms with Gasteiger partial charge in [-0.15, -0.1) is 11.3 Å². The lowest BCUT2D eigenvalue weighted by molar-refractivity contribution is -0.117. The van der Waals surface area contributed by atoms with E-state index in [-0.39, 0.29) is 16.6 Å². The van der Waals surface area contributed by atoms with Gasteiger partial charge in [0, 0.05) is 23.6 Å². The minimum absolute atomic E-state index is 0.0149. The summed E-state index contributed by atoms with van der Waals surface area (Å²) in [6.07, 6.45) is 5.59. The molecule has 1 aromatic heterocycles. The number of benzene rings is 1. The summed E-state index contributed by atoms with van der Waals surface area (Å²) >= 11 is 1.72. The van der Waals surface area contributed by atoms with E-state index >= 15 is 0 Å². The van der Waals surface area contributed by atoms with Crippen LogP contribution in [0, 0.1) is 5.41 Å². The number of rotatable bonds is 4. The lowest BCUT2D eigenvalue weighted by Crippen LogP contribution is -2.25. The highest BCUT2D eigenvalue weighted by atomic mass is 32.1. The van der Waals surface area contributed by atoms with Gasteiger partial charge in [-0.2, -0.15) is 0 Å². The zero-order valence-corrected chi connectivity index (χ0v) is 15.0. The monoisotopic (exact) mass is 338 g/mol. The maximum atomic E-state index is 12.0. The molecule has 1 fully saturated rings. The molecule has 1 saturated carbocycles. The average molecular weight is 338 g/mol. The summed E-state index contributed by atoms with van der Waals surface area (Å²) in [4.78, 5) is 17.9. The van der Waals surface area contributed by atoms with Gasteiger partial charge in [-0.3, -0.25) is 4.79 Å². The molecule has 0 radical (unpaired) electrons. The molecule has 2 aromatic rings. The van der Waals surface area contributed by atoms with Gasteiger partial charge in [0.05, 0.1) is 10.4 Å². The molecule has 2 aliphatic carbocycles. The van der Waals surface area contributed by atoms with Gasteiger partial charge < -0.3 is 5.32 Å². The Bertz CT molecular complexity index is 800. The van der Waals surface area contributed by atoms with Gasteiger partial charge in [-0.1, -0.05) is 44.2 Å². The van der Waals surface area contributed by atoms with Gasteiger partial charge in [-0.05, 0) is 30.2 Å². The number of allylic oxidation sites excluding steroid dienone is 2. The molecule has 3 nitrogen and oxygen atoms in total. The fraction of sp³-hybridized carbons (Fsp3) is 0.400. The Morgan fingerprint density at radius 2 is 1.88 bits per heavy atom. The smallest absolute Gasteiger partial charge is 0.157 e. The van der Waals surface area contributed by atoms with E-state index in [1.165, 1.54) is 10.4 Å². The molecule has 0 atom stereocenters. The van der Waals surface area contributed by atoms with Crippen molar-refractivity contribution in [3.63, 3.8) is 0 Å². The molecular weight excluding hydrogens is 316 g/mol. The Hall–Kier alpha value is -1.94. The number of carbonyl (C=O) groups excluding carboxylic acids is 1. The van der Waals surface area contributed by atoms with Gasteiger partial charge in [-0.25, -0.2) is 4.98 Å². The van der Waals surface area contributed by atoms with Crippen molar-refractivity contribution < 1.29 is 4.79 Å². The lowest BCUT2D eigenvalue weighted by Gasteiger charge is -2.29. The zero-order valence-electron chi connectivity index (χ0n) is 14.1. The third kappa shape index (κ3) is 2.80. The minimum Gasteiger partial charge on any atom is -0.343 e. The van der Waals surface area contributed by atoms with Crippen molar-refractivity contribution in [1.29, 1.82) is 0 Å². The lowest BCUT2D eigenvalue weighted by atomic mass is 9.79. The maximum absolute atomic E-state index is 12.0. The first-order chi connectivity index (χ1) is 11.5. The number of hydrogen-bond donors (Lipinski definition) is 1. The number of aromatic nitrogens is 1. The average Bonchev–Trinajstić information content (AvgIpc) is 3.20. The molecule has 0 saturated heterocycles. The molecule has 0 spiro atoms. The highest BCUT2D eigenvalue weighted by Crippen LogP contribution is 2.57. The second kappa shape index (κ2) is 5.55. The highest BCUT2D eigenvalue weighted by Gasteiger charge is 2.48. The Labute approximate surface area is 146 Å². The first-order valence-electron chi connectivity index (χ1n) is 8.49. The van der Waals surface area contributed by atoms with Crippen molar-refractivity contribution in [2.24, 2.45) is 5.41 Å². The Morgan fingerprint density at radius 1 is 1.12 bits per heavy atom. The number of carbonyl (C=O) groups is 1. The van der Waals surface area contributed by atoms with Crippen molar-refractivity contribution in [3.05, 3.63) is 58.1 Å². The van der Waals surface area contributed by atoms with Crippen LogP contribution in [0.25, 0.3) is 0 Å². The first-order valence-corrected chi connectivity index (χ1v) is 9.36. The number of nitrogens with one attached hydrogen (secondary N) is 1. The van der Waals surface area contributed by atoms with Crippen molar-refractivity contribution in [2.75, 3.05) is 5.32 Å². The molecule has 0 amide bonds. The van der Waals surface area contributed by atoms with Crippen molar-refractivity contribution in [2.45, 2.75) is 44.9 Å². The number of hydrogen-bond acceptors (Lipinski definition) is 4. The van der Waals surface area contributed by atoms with E-state index in [0.717, 1.165) is 30.8 Å². The van der Waals surface area contributed by atoms with Crippen LogP contribution in [0.1, 0.15) is 50.0 Å². The Balaban J connectivity index is 1.64. The molecule has 124 valence electrons. The van der Waals surface area contributed by atoms with Crippen molar-refractivity contribution in [1.82, 2.24) is 4.98 Å². The third-order valence-corrected chi connectivity index (χ3v) is 6.05. The van der Waals surface area contributed by atoms with Crippen LogP contribution in [0.4, 0.5) is 5.82 Å². The molecule has 1 aromatic carbocycles. The molecule has 4 heteroatoms. The van der Waals surface area contributed by atoms with E-state index in [1.807, 2.05) is 5.51 Å². The van der Waals surface area contributed by atoms with Crippen LogP contribution in [0.15, 0.2) is 47.6 Å². The number of thiazole rings is 1. The van der Waals surface area contributed by atoms with E-state index in [4.69, 9.17) is 0 Å². The van der Waals surface area contributed by atoms with E-state index < -0.39 is 0 Å². The zero-order chi connectivity index (χ0) is 16.8. The van der Waals surface area contributed by atoms with Gasteiger partial charge >= 0.3 is 0 Å². The van der Waals surface area contributed by atoms with Crippen LogP contribution in [0.5, 0.6) is 0 Å². The molecular formula is C20H22N2OS. The standard InChI is InChI=1S/C20H22N2OS/c1-19(2)11-15(10-16(23)12-19)22-18-17(24-13-21-18)20(8-9-20)14-6-4-3-5-7-14/h3-7,10,13,22H,8-9,11-12H2,1-2H3. The first kappa shape index (κ1) is 15.6. The summed E-state index contributed by atoms with van der Waals surface area (Å²) in [5.74, 6) is 1.13. The van der Waals surface area contributed by atoms with Crippen LogP contribution in [-0.4, -0.2) is 10.8 Å². The van der Waals surface area contributed by atoms with E-state index in [1.54, 1.807) is 17.4 Å². The summed E-state index contributed by atoms with van der Waals surface area (Å²) in [6, 6.07) is 10.7. The van der Waals surface area contributed by atoms with E-state index in [9.17, 15) is 4.79 Å². The molecule has 2 aliphatic rings. The molecule has 4 rings (SSSR count). The fourth-order valence-electron chi connectivity index (χ4n) is 3.78. The predicted molar refractivity (Wildman–Crippen MR) is 98.3 cm³/mol. The number of ketones is 1.